The fourth-order valence-electron chi connectivity index (χ4n) is 3.13. The number of phenols is 1. The second-order valence-electron chi connectivity index (χ2n) is 6.30. The minimum atomic E-state index is -0.987. The number of aromatic nitrogens is 2. The Hall–Kier alpha value is -3.93. The molecule has 4 rings (SSSR count). The number of phenolic OH excluding ortho intramolecular Hbond substituents is 1. The standard InChI is InChI=1S/C22H17N3O3/c26-21-17(11-10-14-4-3-13-24-20(14)21)19(25-18-5-1-2-12-23-18)15-6-8-16(9-7-15)22(27)28/h1-13,19,26H,(H,23,25)(H,27,28)/t19-/m0/s1. The number of carboxylic acid groups (broad SMARTS) is 1. The molecule has 6 nitrogen and oxygen atoms in total. The molecule has 0 radical (unpaired) electrons. The first-order valence-corrected chi connectivity index (χ1v) is 8.71. The summed E-state index contributed by atoms with van der Waals surface area (Å²) in [5.74, 6) is -0.275. The van der Waals surface area contributed by atoms with E-state index < -0.39 is 12.0 Å². The molecular weight excluding hydrogens is 354 g/mol. The van der Waals surface area contributed by atoms with Crippen LogP contribution in [0.3, 0.4) is 0 Å². The van der Waals surface area contributed by atoms with Crippen molar-refractivity contribution in [2.24, 2.45) is 0 Å². The number of fused-ring (bicyclic) bond motifs is 1. The van der Waals surface area contributed by atoms with Crippen molar-refractivity contribution in [3.05, 3.63) is 95.8 Å². The molecule has 28 heavy (non-hydrogen) atoms. The number of rotatable bonds is 5. The molecule has 0 fully saturated rings. The number of hydrogen-bond donors (Lipinski definition) is 3. The van der Waals surface area contributed by atoms with Crippen LogP contribution in [0.15, 0.2) is 79.1 Å². The van der Waals surface area contributed by atoms with Gasteiger partial charge in [0.2, 0.25) is 0 Å². The van der Waals surface area contributed by atoms with E-state index >= 15 is 0 Å². The number of aromatic hydroxyl groups is 1. The molecule has 0 aliphatic rings. The predicted molar refractivity (Wildman–Crippen MR) is 107 cm³/mol. The number of anilines is 1. The summed E-state index contributed by atoms with van der Waals surface area (Å²) in [7, 11) is 0. The van der Waals surface area contributed by atoms with Crippen LogP contribution in [0, 0.1) is 0 Å². The molecule has 1 atom stereocenters. The fraction of sp³-hybridized carbons (Fsp3) is 0.0455. The summed E-state index contributed by atoms with van der Waals surface area (Å²) in [6.45, 7) is 0. The van der Waals surface area contributed by atoms with Crippen molar-refractivity contribution in [2.75, 3.05) is 5.32 Å². The first kappa shape index (κ1) is 17.5. The second-order valence-corrected chi connectivity index (χ2v) is 6.30. The number of benzene rings is 2. The molecule has 0 spiro atoms. The Balaban J connectivity index is 1.83. The Morgan fingerprint density at radius 3 is 2.39 bits per heavy atom. The lowest BCUT2D eigenvalue weighted by molar-refractivity contribution is 0.0697. The molecule has 0 aliphatic heterocycles. The zero-order valence-corrected chi connectivity index (χ0v) is 14.8. The van der Waals surface area contributed by atoms with Crippen molar-refractivity contribution in [2.45, 2.75) is 6.04 Å². The highest BCUT2D eigenvalue weighted by Crippen LogP contribution is 2.36. The van der Waals surface area contributed by atoms with Crippen molar-refractivity contribution in [3.63, 3.8) is 0 Å². The molecule has 2 aromatic heterocycles. The summed E-state index contributed by atoms with van der Waals surface area (Å²) >= 11 is 0. The smallest absolute Gasteiger partial charge is 0.335 e. The number of carboxylic acids is 1. The van der Waals surface area contributed by atoms with Crippen molar-refractivity contribution in [1.82, 2.24) is 9.97 Å². The van der Waals surface area contributed by atoms with Crippen LogP contribution >= 0.6 is 0 Å². The van der Waals surface area contributed by atoms with Crippen molar-refractivity contribution in [1.29, 1.82) is 0 Å². The van der Waals surface area contributed by atoms with Gasteiger partial charge in [-0.05, 0) is 35.9 Å². The van der Waals surface area contributed by atoms with Gasteiger partial charge in [0.05, 0.1) is 11.6 Å². The molecule has 0 saturated heterocycles. The zero-order valence-electron chi connectivity index (χ0n) is 14.8. The summed E-state index contributed by atoms with van der Waals surface area (Å²) in [5, 5.41) is 24.2. The van der Waals surface area contributed by atoms with Crippen LogP contribution in [0.25, 0.3) is 10.9 Å². The Morgan fingerprint density at radius 2 is 1.68 bits per heavy atom. The van der Waals surface area contributed by atoms with Gasteiger partial charge in [0.1, 0.15) is 17.1 Å². The van der Waals surface area contributed by atoms with Gasteiger partial charge in [-0.2, -0.15) is 0 Å². The first-order chi connectivity index (χ1) is 13.6. The van der Waals surface area contributed by atoms with Crippen LogP contribution in [0.5, 0.6) is 5.75 Å². The molecule has 3 N–H and O–H groups in total. The van der Waals surface area contributed by atoms with Crippen molar-refractivity contribution >= 4 is 22.7 Å². The number of nitrogens with zero attached hydrogens (tertiary/aromatic N) is 2. The van der Waals surface area contributed by atoms with Gasteiger partial charge >= 0.3 is 5.97 Å². The van der Waals surface area contributed by atoms with E-state index in [-0.39, 0.29) is 11.3 Å². The fourth-order valence-corrected chi connectivity index (χ4v) is 3.13. The van der Waals surface area contributed by atoms with Crippen LogP contribution in [0.1, 0.15) is 27.5 Å². The van der Waals surface area contributed by atoms with Gasteiger partial charge < -0.3 is 15.5 Å². The lowest BCUT2D eigenvalue weighted by atomic mass is 9.95. The molecule has 0 aliphatic carbocycles. The predicted octanol–water partition coefficient (Wildman–Crippen LogP) is 4.24. The molecule has 0 unspecified atom stereocenters. The van der Waals surface area contributed by atoms with E-state index in [0.29, 0.717) is 16.9 Å². The average Bonchev–Trinajstić information content (AvgIpc) is 2.74. The Bertz CT molecular complexity index is 1130. The molecule has 4 aromatic rings. The number of nitrogens with one attached hydrogen (secondary N) is 1. The summed E-state index contributed by atoms with van der Waals surface area (Å²) < 4.78 is 0. The van der Waals surface area contributed by atoms with E-state index in [9.17, 15) is 9.90 Å². The van der Waals surface area contributed by atoms with Crippen LogP contribution in [0.2, 0.25) is 0 Å². The van der Waals surface area contributed by atoms with Gasteiger partial charge in [-0.15, -0.1) is 0 Å². The quantitative estimate of drug-likeness (QED) is 0.486. The monoisotopic (exact) mass is 371 g/mol. The summed E-state index contributed by atoms with van der Waals surface area (Å²) in [5.41, 5.74) is 2.13. The third kappa shape index (κ3) is 3.35. The molecule has 2 heterocycles. The maximum atomic E-state index is 11.2. The molecule has 6 heteroatoms. The van der Waals surface area contributed by atoms with Gasteiger partial charge in [0.15, 0.2) is 0 Å². The summed E-state index contributed by atoms with van der Waals surface area (Å²) in [6, 6.07) is 19.0. The van der Waals surface area contributed by atoms with E-state index in [0.717, 1.165) is 10.9 Å². The number of carbonyl (C=O) groups is 1. The molecule has 2 aromatic carbocycles. The first-order valence-electron chi connectivity index (χ1n) is 8.71. The van der Waals surface area contributed by atoms with Crippen LogP contribution < -0.4 is 5.32 Å². The van der Waals surface area contributed by atoms with Gasteiger partial charge in [0, 0.05) is 23.3 Å². The number of pyridine rings is 2. The SMILES string of the molecule is O=C(O)c1ccc([C@H](Nc2ccccn2)c2ccc3cccnc3c2O)cc1. The minimum Gasteiger partial charge on any atom is -0.505 e. The minimum absolute atomic E-state index is 0.0776. The molecule has 0 bridgehead atoms. The largest absolute Gasteiger partial charge is 0.505 e. The van der Waals surface area contributed by atoms with E-state index in [1.54, 1.807) is 36.7 Å². The van der Waals surface area contributed by atoms with Gasteiger partial charge in [-0.25, -0.2) is 9.78 Å². The van der Waals surface area contributed by atoms with E-state index in [4.69, 9.17) is 5.11 Å². The van der Waals surface area contributed by atoms with Gasteiger partial charge in [0.25, 0.3) is 0 Å². The zero-order chi connectivity index (χ0) is 19.5. The van der Waals surface area contributed by atoms with E-state index in [1.807, 2.05) is 42.5 Å². The normalized spacial score (nSPS) is 11.9. The molecular formula is C22H17N3O3. The lowest BCUT2D eigenvalue weighted by Crippen LogP contribution is -2.14. The van der Waals surface area contributed by atoms with Crippen molar-refractivity contribution in [3.8, 4) is 5.75 Å². The van der Waals surface area contributed by atoms with E-state index in [2.05, 4.69) is 15.3 Å². The Morgan fingerprint density at radius 1 is 0.893 bits per heavy atom. The number of hydrogen-bond acceptors (Lipinski definition) is 5. The second kappa shape index (κ2) is 7.36. The van der Waals surface area contributed by atoms with Gasteiger partial charge in [-0.1, -0.05) is 36.4 Å². The van der Waals surface area contributed by atoms with Gasteiger partial charge in [-0.3, -0.25) is 4.98 Å². The van der Waals surface area contributed by atoms with E-state index in [1.165, 1.54) is 0 Å². The summed E-state index contributed by atoms with van der Waals surface area (Å²) in [6.07, 6.45) is 3.31. The highest BCUT2D eigenvalue weighted by molar-refractivity contribution is 5.88. The molecule has 138 valence electrons. The Kier molecular flexibility index (Phi) is 4.60. The lowest BCUT2D eigenvalue weighted by Gasteiger charge is -2.22. The third-order valence-corrected chi connectivity index (χ3v) is 4.54. The third-order valence-electron chi connectivity index (χ3n) is 4.54. The average molecular weight is 371 g/mol. The number of aromatic carboxylic acids is 1. The van der Waals surface area contributed by atoms with Crippen molar-refractivity contribution < 1.29 is 15.0 Å². The maximum Gasteiger partial charge on any atom is 0.335 e. The topological polar surface area (TPSA) is 95.3 Å². The Labute approximate surface area is 161 Å². The summed E-state index contributed by atoms with van der Waals surface area (Å²) in [4.78, 5) is 19.8. The maximum absolute atomic E-state index is 11.2. The highest BCUT2D eigenvalue weighted by Gasteiger charge is 2.20. The van der Waals surface area contributed by atoms with Crippen LogP contribution in [-0.4, -0.2) is 26.2 Å². The highest BCUT2D eigenvalue weighted by atomic mass is 16.4. The van der Waals surface area contributed by atoms with Crippen LogP contribution in [0.4, 0.5) is 5.82 Å². The molecule has 0 saturated carbocycles. The van der Waals surface area contributed by atoms with Crippen LogP contribution in [-0.2, 0) is 0 Å². The molecule has 0 amide bonds.